The fourth-order valence-electron chi connectivity index (χ4n) is 1.72. The van der Waals surface area contributed by atoms with Crippen LogP contribution in [0.2, 0.25) is 0 Å². The number of Topliss-reactive ketones (excluding diaryl/α,β-unsaturated/α-hetero) is 1. The van der Waals surface area contributed by atoms with Gasteiger partial charge in [0, 0.05) is 5.39 Å². The lowest BCUT2D eigenvalue weighted by Crippen LogP contribution is -2.15. The molecule has 0 aliphatic heterocycles. The monoisotopic (exact) mass is 246 g/mol. The lowest BCUT2D eigenvalue weighted by atomic mass is 10.1. The molecule has 18 heavy (non-hydrogen) atoms. The second-order valence-corrected chi connectivity index (χ2v) is 4.28. The molecule has 0 aliphatic carbocycles. The van der Waals surface area contributed by atoms with E-state index in [-0.39, 0.29) is 18.3 Å². The highest BCUT2D eigenvalue weighted by Gasteiger charge is 2.18. The van der Waals surface area contributed by atoms with Crippen molar-refractivity contribution < 1.29 is 18.7 Å². The Labute approximate surface area is 105 Å². The molecule has 0 amide bonds. The molecule has 1 aromatic heterocycles. The Balaban J connectivity index is 2.16. The normalized spacial score (nSPS) is 10.8. The standard InChI is InChI=1S/C14H14O4/c1-9(2)18-14(16)7-12(15)11-8-17-13-6-4-3-5-10(11)13/h3-6,8-9H,7H2,1-2H3. The molecule has 0 fully saturated rings. The minimum atomic E-state index is -0.514. The third kappa shape index (κ3) is 2.59. The van der Waals surface area contributed by atoms with Gasteiger partial charge in [0.15, 0.2) is 5.78 Å². The molecule has 2 aromatic rings. The minimum Gasteiger partial charge on any atom is -0.464 e. The van der Waals surface area contributed by atoms with Gasteiger partial charge in [0.05, 0.1) is 11.7 Å². The average molecular weight is 246 g/mol. The first-order valence-corrected chi connectivity index (χ1v) is 5.77. The summed E-state index contributed by atoms with van der Waals surface area (Å²) in [6.45, 7) is 3.49. The van der Waals surface area contributed by atoms with E-state index >= 15 is 0 Å². The molecule has 0 aliphatic rings. The van der Waals surface area contributed by atoms with Crippen molar-refractivity contribution in [3.8, 4) is 0 Å². The number of para-hydroxylation sites is 1. The van der Waals surface area contributed by atoms with Gasteiger partial charge >= 0.3 is 5.97 Å². The van der Waals surface area contributed by atoms with Crippen molar-refractivity contribution in [3.05, 3.63) is 36.1 Å². The van der Waals surface area contributed by atoms with E-state index in [1.807, 2.05) is 12.1 Å². The highest BCUT2D eigenvalue weighted by Crippen LogP contribution is 2.22. The Hall–Kier alpha value is -2.10. The van der Waals surface area contributed by atoms with Crippen LogP contribution in [0.5, 0.6) is 0 Å². The molecule has 94 valence electrons. The van der Waals surface area contributed by atoms with Crippen molar-refractivity contribution in [2.45, 2.75) is 26.4 Å². The van der Waals surface area contributed by atoms with Gasteiger partial charge in [-0.25, -0.2) is 0 Å². The van der Waals surface area contributed by atoms with Gasteiger partial charge in [0.1, 0.15) is 18.3 Å². The minimum absolute atomic E-state index is 0.216. The fraction of sp³-hybridized carbons (Fsp3) is 0.286. The number of esters is 1. The molecule has 0 N–H and O–H groups in total. The van der Waals surface area contributed by atoms with Crippen molar-refractivity contribution in [2.24, 2.45) is 0 Å². The van der Waals surface area contributed by atoms with Crippen molar-refractivity contribution in [3.63, 3.8) is 0 Å². The third-order valence-electron chi connectivity index (χ3n) is 2.45. The first-order valence-electron chi connectivity index (χ1n) is 5.77. The van der Waals surface area contributed by atoms with Gasteiger partial charge in [-0.2, -0.15) is 0 Å². The van der Waals surface area contributed by atoms with Gasteiger partial charge in [-0.3, -0.25) is 9.59 Å². The van der Waals surface area contributed by atoms with Gasteiger partial charge in [0.25, 0.3) is 0 Å². The fourth-order valence-corrected chi connectivity index (χ4v) is 1.72. The van der Waals surface area contributed by atoms with Gasteiger partial charge < -0.3 is 9.15 Å². The SMILES string of the molecule is CC(C)OC(=O)CC(=O)c1coc2ccccc12. The van der Waals surface area contributed by atoms with Crippen LogP contribution in [0.1, 0.15) is 30.6 Å². The number of furan rings is 1. The Morgan fingerprint density at radius 3 is 2.72 bits per heavy atom. The number of hydrogen-bond acceptors (Lipinski definition) is 4. The van der Waals surface area contributed by atoms with E-state index in [9.17, 15) is 9.59 Å². The molecule has 1 heterocycles. The van der Waals surface area contributed by atoms with Crippen LogP contribution in [0.3, 0.4) is 0 Å². The number of ether oxygens (including phenoxy) is 1. The number of rotatable bonds is 4. The summed E-state index contributed by atoms with van der Waals surface area (Å²) in [6, 6.07) is 7.21. The van der Waals surface area contributed by atoms with Crippen molar-refractivity contribution in [1.29, 1.82) is 0 Å². The molecule has 0 bridgehead atoms. The summed E-state index contributed by atoms with van der Waals surface area (Å²) in [5, 5.41) is 0.722. The molecule has 0 radical (unpaired) electrons. The van der Waals surface area contributed by atoms with Crippen LogP contribution in [-0.4, -0.2) is 17.9 Å². The lowest BCUT2D eigenvalue weighted by Gasteiger charge is -2.06. The number of hydrogen-bond donors (Lipinski definition) is 0. The number of carbonyl (C=O) groups is 2. The van der Waals surface area contributed by atoms with E-state index in [4.69, 9.17) is 9.15 Å². The number of ketones is 1. The smallest absolute Gasteiger partial charge is 0.313 e. The molecule has 0 saturated heterocycles. The number of carbonyl (C=O) groups excluding carboxylic acids is 2. The Morgan fingerprint density at radius 1 is 1.28 bits per heavy atom. The second-order valence-electron chi connectivity index (χ2n) is 4.28. The lowest BCUT2D eigenvalue weighted by molar-refractivity contribution is -0.146. The van der Waals surface area contributed by atoms with Crippen LogP contribution >= 0.6 is 0 Å². The molecule has 0 saturated carbocycles. The van der Waals surface area contributed by atoms with Crippen molar-refractivity contribution in [1.82, 2.24) is 0 Å². The maximum Gasteiger partial charge on any atom is 0.313 e. The summed E-state index contributed by atoms with van der Waals surface area (Å²) in [7, 11) is 0. The molecule has 0 unspecified atom stereocenters. The topological polar surface area (TPSA) is 56.5 Å². The zero-order valence-corrected chi connectivity index (χ0v) is 10.3. The van der Waals surface area contributed by atoms with Crippen LogP contribution in [0.15, 0.2) is 34.9 Å². The average Bonchev–Trinajstić information content (AvgIpc) is 2.71. The summed E-state index contributed by atoms with van der Waals surface area (Å²) in [5.74, 6) is -0.800. The molecule has 2 rings (SSSR count). The molecule has 1 aromatic carbocycles. The largest absolute Gasteiger partial charge is 0.464 e. The Kier molecular flexibility index (Phi) is 3.46. The summed E-state index contributed by atoms with van der Waals surface area (Å²) >= 11 is 0. The van der Waals surface area contributed by atoms with Crippen LogP contribution in [-0.2, 0) is 9.53 Å². The van der Waals surface area contributed by atoms with E-state index in [0.717, 1.165) is 5.39 Å². The molecular weight excluding hydrogens is 232 g/mol. The van der Waals surface area contributed by atoms with Crippen molar-refractivity contribution >= 4 is 22.7 Å². The highest BCUT2D eigenvalue weighted by atomic mass is 16.5. The number of benzene rings is 1. The maximum absolute atomic E-state index is 12.0. The quantitative estimate of drug-likeness (QED) is 0.473. The molecular formula is C14H14O4. The summed E-state index contributed by atoms with van der Waals surface area (Å²) in [4.78, 5) is 23.4. The van der Waals surface area contributed by atoms with E-state index in [1.165, 1.54) is 6.26 Å². The van der Waals surface area contributed by atoms with E-state index in [1.54, 1.807) is 26.0 Å². The van der Waals surface area contributed by atoms with E-state index < -0.39 is 5.97 Å². The van der Waals surface area contributed by atoms with Crippen molar-refractivity contribution in [2.75, 3.05) is 0 Å². The zero-order chi connectivity index (χ0) is 13.1. The van der Waals surface area contributed by atoms with Gasteiger partial charge in [-0.1, -0.05) is 18.2 Å². The first kappa shape index (κ1) is 12.4. The van der Waals surface area contributed by atoms with E-state index in [0.29, 0.717) is 11.1 Å². The summed E-state index contributed by atoms with van der Waals surface area (Å²) < 4.78 is 10.2. The highest BCUT2D eigenvalue weighted by molar-refractivity contribution is 6.12. The second kappa shape index (κ2) is 5.04. The van der Waals surface area contributed by atoms with Gasteiger partial charge in [0.2, 0.25) is 0 Å². The predicted octanol–water partition coefficient (Wildman–Crippen LogP) is 2.96. The van der Waals surface area contributed by atoms with Crippen LogP contribution < -0.4 is 0 Å². The van der Waals surface area contributed by atoms with Crippen LogP contribution in [0.4, 0.5) is 0 Å². The zero-order valence-electron chi connectivity index (χ0n) is 10.3. The molecule has 4 nitrogen and oxygen atoms in total. The van der Waals surface area contributed by atoms with Gasteiger partial charge in [-0.05, 0) is 19.9 Å². The third-order valence-corrected chi connectivity index (χ3v) is 2.45. The summed E-state index contributed by atoms with van der Waals surface area (Å²) in [6.07, 6.45) is 0.906. The molecule has 4 heteroatoms. The predicted molar refractivity (Wildman–Crippen MR) is 66.4 cm³/mol. The Morgan fingerprint density at radius 2 is 2.00 bits per heavy atom. The van der Waals surface area contributed by atoms with E-state index in [2.05, 4.69) is 0 Å². The summed E-state index contributed by atoms with van der Waals surface area (Å²) in [5.41, 5.74) is 1.06. The van der Waals surface area contributed by atoms with Gasteiger partial charge in [-0.15, -0.1) is 0 Å². The Bertz CT molecular complexity index is 580. The molecule has 0 spiro atoms. The maximum atomic E-state index is 12.0. The molecule has 0 atom stereocenters. The number of fused-ring (bicyclic) bond motifs is 1. The van der Waals surface area contributed by atoms with Crippen LogP contribution in [0.25, 0.3) is 11.0 Å². The van der Waals surface area contributed by atoms with Crippen LogP contribution in [0, 0.1) is 0 Å². The first-order chi connectivity index (χ1) is 8.58.